The number of rotatable bonds is 6. The molecule has 0 spiro atoms. The number of hydrogen-bond acceptors (Lipinski definition) is 4. The van der Waals surface area contributed by atoms with Crippen molar-refractivity contribution in [2.45, 2.75) is 18.4 Å². The van der Waals surface area contributed by atoms with Crippen LogP contribution in [0.25, 0.3) is 0 Å². The normalized spacial score (nSPS) is 15.7. The van der Waals surface area contributed by atoms with Gasteiger partial charge >= 0.3 is 0 Å². The van der Waals surface area contributed by atoms with E-state index >= 15 is 0 Å². The summed E-state index contributed by atoms with van der Waals surface area (Å²) in [5, 5.41) is 0. The molecule has 1 aliphatic rings. The number of benzene rings is 2. The van der Waals surface area contributed by atoms with E-state index in [0.717, 1.165) is 11.6 Å². The molecule has 1 aliphatic heterocycles. The lowest BCUT2D eigenvalue weighted by Crippen LogP contribution is -2.52. The fourth-order valence-corrected chi connectivity index (χ4v) is 4.85. The van der Waals surface area contributed by atoms with Crippen molar-refractivity contribution in [3.63, 3.8) is 0 Å². The number of carbonyl (C=O) groups excluding carboxylic acids is 1. The van der Waals surface area contributed by atoms with Gasteiger partial charge in [0.05, 0.1) is 6.54 Å². The summed E-state index contributed by atoms with van der Waals surface area (Å²) in [5.41, 5.74) is 2.32. The molecule has 0 N–H and O–H groups in total. The Morgan fingerprint density at radius 3 is 2.28 bits per heavy atom. The standard InChI is InChI=1S/C21H26FN3O3S/c1-17-7-9-18(10-8-17)15-23(2)16-21(26)24-11-13-25(14-12-24)29(27,28)20-6-4-3-5-19(20)22/h3-10H,11-16H2,1-2H3. The third-order valence-electron chi connectivity index (χ3n) is 5.02. The smallest absolute Gasteiger partial charge is 0.246 e. The van der Waals surface area contributed by atoms with E-state index in [9.17, 15) is 17.6 Å². The Morgan fingerprint density at radius 2 is 1.66 bits per heavy atom. The van der Waals surface area contributed by atoms with Crippen LogP contribution in [0.15, 0.2) is 53.4 Å². The number of piperazine rings is 1. The van der Waals surface area contributed by atoms with Crippen LogP contribution >= 0.6 is 0 Å². The van der Waals surface area contributed by atoms with Crippen molar-refractivity contribution in [1.82, 2.24) is 14.1 Å². The molecule has 3 rings (SSSR count). The molecule has 0 bridgehead atoms. The number of carbonyl (C=O) groups is 1. The highest BCUT2D eigenvalue weighted by molar-refractivity contribution is 7.89. The molecule has 1 saturated heterocycles. The third-order valence-corrected chi connectivity index (χ3v) is 6.96. The van der Waals surface area contributed by atoms with Crippen molar-refractivity contribution in [2.24, 2.45) is 0 Å². The zero-order valence-electron chi connectivity index (χ0n) is 16.7. The van der Waals surface area contributed by atoms with Crippen LogP contribution in [0.4, 0.5) is 4.39 Å². The number of nitrogens with zero attached hydrogens (tertiary/aromatic N) is 3. The first kappa shape index (κ1) is 21.4. The van der Waals surface area contributed by atoms with Crippen molar-refractivity contribution in [2.75, 3.05) is 39.8 Å². The van der Waals surface area contributed by atoms with Crippen LogP contribution in [0.1, 0.15) is 11.1 Å². The maximum Gasteiger partial charge on any atom is 0.246 e. The number of hydrogen-bond donors (Lipinski definition) is 0. The van der Waals surface area contributed by atoms with Gasteiger partial charge < -0.3 is 4.90 Å². The number of aryl methyl sites for hydroxylation is 1. The SMILES string of the molecule is Cc1ccc(CN(C)CC(=O)N2CCN(S(=O)(=O)c3ccccc3F)CC2)cc1. The summed E-state index contributed by atoms with van der Waals surface area (Å²) < 4.78 is 40.5. The van der Waals surface area contributed by atoms with Crippen molar-refractivity contribution in [3.8, 4) is 0 Å². The Balaban J connectivity index is 1.54. The summed E-state index contributed by atoms with van der Waals surface area (Å²) in [6.45, 7) is 3.86. The monoisotopic (exact) mass is 419 g/mol. The number of likely N-dealkylation sites (N-methyl/N-ethyl adjacent to an activating group) is 1. The van der Waals surface area contributed by atoms with Gasteiger partial charge in [-0.1, -0.05) is 42.0 Å². The second kappa shape index (κ2) is 9.02. The van der Waals surface area contributed by atoms with Gasteiger partial charge in [0.15, 0.2) is 0 Å². The van der Waals surface area contributed by atoms with Crippen molar-refractivity contribution in [3.05, 3.63) is 65.5 Å². The maximum absolute atomic E-state index is 13.9. The van der Waals surface area contributed by atoms with Crippen LogP contribution in [0.5, 0.6) is 0 Å². The number of sulfonamides is 1. The maximum atomic E-state index is 13.9. The zero-order chi connectivity index (χ0) is 21.0. The summed E-state index contributed by atoms with van der Waals surface area (Å²) in [5.74, 6) is -0.800. The van der Waals surface area contributed by atoms with Gasteiger partial charge in [-0.2, -0.15) is 4.31 Å². The minimum absolute atomic E-state index is 0.0393. The molecule has 0 radical (unpaired) electrons. The van der Waals surface area contributed by atoms with E-state index in [1.807, 2.05) is 43.1 Å². The van der Waals surface area contributed by atoms with Crippen molar-refractivity contribution in [1.29, 1.82) is 0 Å². The molecule has 1 heterocycles. The largest absolute Gasteiger partial charge is 0.339 e. The van der Waals surface area contributed by atoms with Gasteiger partial charge in [-0.25, -0.2) is 12.8 Å². The predicted molar refractivity (Wildman–Crippen MR) is 109 cm³/mol. The van der Waals surface area contributed by atoms with Gasteiger partial charge in [0.2, 0.25) is 15.9 Å². The molecular weight excluding hydrogens is 393 g/mol. The van der Waals surface area contributed by atoms with Gasteiger partial charge in [0.1, 0.15) is 10.7 Å². The Hall–Kier alpha value is -2.29. The molecule has 2 aromatic rings. The van der Waals surface area contributed by atoms with E-state index < -0.39 is 15.8 Å². The fraction of sp³-hybridized carbons (Fsp3) is 0.381. The lowest BCUT2D eigenvalue weighted by atomic mass is 10.1. The quantitative estimate of drug-likeness (QED) is 0.720. The van der Waals surface area contributed by atoms with E-state index in [1.165, 1.54) is 28.1 Å². The minimum Gasteiger partial charge on any atom is -0.339 e. The molecule has 2 aromatic carbocycles. The second-order valence-electron chi connectivity index (χ2n) is 7.37. The zero-order valence-corrected chi connectivity index (χ0v) is 17.5. The first-order valence-electron chi connectivity index (χ1n) is 9.54. The van der Waals surface area contributed by atoms with Gasteiger partial charge in [0.25, 0.3) is 0 Å². The minimum atomic E-state index is -3.90. The van der Waals surface area contributed by atoms with Crippen LogP contribution in [-0.2, 0) is 21.4 Å². The van der Waals surface area contributed by atoms with Crippen molar-refractivity contribution >= 4 is 15.9 Å². The first-order valence-corrected chi connectivity index (χ1v) is 11.0. The third kappa shape index (κ3) is 5.20. The summed E-state index contributed by atoms with van der Waals surface area (Å²) in [6, 6.07) is 13.5. The molecule has 8 heteroatoms. The van der Waals surface area contributed by atoms with E-state index in [1.54, 1.807) is 4.90 Å². The average Bonchev–Trinajstić information content (AvgIpc) is 2.70. The van der Waals surface area contributed by atoms with Crippen LogP contribution in [-0.4, -0.2) is 68.2 Å². The molecule has 0 aromatic heterocycles. The number of halogens is 1. The van der Waals surface area contributed by atoms with Gasteiger partial charge in [-0.05, 0) is 31.7 Å². The van der Waals surface area contributed by atoms with Gasteiger partial charge in [0, 0.05) is 32.7 Å². The van der Waals surface area contributed by atoms with Crippen LogP contribution in [0, 0.1) is 12.7 Å². The molecule has 156 valence electrons. The summed E-state index contributed by atoms with van der Waals surface area (Å²) in [6.07, 6.45) is 0. The molecule has 1 fully saturated rings. The summed E-state index contributed by atoms with van der Waals surface area (Å²) in [7, 11) is -2.01. The highest BCUT2D eigenvalue weighted by Gasteiger charge is 2.31. The van der Waals surface area contributed by atoms with E-state index in [2.05, 4.69) is 0 Å². The summed E-state index contributed by atoms with van der Waals surface area (Å²) in [4.78, 5) is 15.9. The molecule has 0 saturated carbocycles. The van der Waals surface area contributed by atoms with E-state index in [4.69, 9.17) is 0 Å². The van der Waals surface area contributed by atoms with Crippen LogP contribution in [0.3, 0.4) is 0 Å². The molecule has 29 heavy (non-hydrogen) atoms. The topological polar surface area (TPSA) is 60.9 Å². The highest BCUT2D eigenvalue weighted by atomic mass is 32.2. The molecular formula is C21H26FN3O3S. The van der Waals surface area contributed by atoms with Gasteiger partial charge in [-0.3, -0.25) is 9.69 Å². The fourth-order valence-electron chi connectivity index (χ4n) is 3.36. The highest BCUT2D eigenvalue weighted by Crippen LogP contribution is 2.20. The van der Waals surface area contributed by atoms with E-state index in [0.29, 0.717) is 19.6 Å². The lowest BCUT2D eigenvalue weighted by Gasteiger charge is -2.34. The Bertz CT molecular complexity index is 955. The molecule has 0 aliphatic carbocycles. The summed E-state index contributed by atoms with van der Waals surface area (Å²) >= 11 is 0. The van der Waals surface area contributed by atoms with Crippen molar-refractivity contribution < 1.29 is 17.6 Å². The van der Waals surface area contributed by atoms with Crippen LogP contribution in [0.2, 0.25) is 0 Å². The molecule has 0 atom stereocenters. The molecule has 1 amide bonds. The molecule has 6 nitrogen and oxygen atoms in total. The first-order chi connectivity index (χ1) is 13.8. The van der Waals surface area contributed by atoms with Crippen LogP contribution < -0.4 is 0 Å². The lowest BCUT2D eigenvalue weighted by molar-refractivity contribution is -0.133. The predicted octanol–water partition coefficient (Wildman–Crippen LogP) is 2.10. The second-order valence-corrected chi connectivity index (χ2v) is 9.28. The van der Waals surface area contributed by atoms with E-state index in [-0.39, 0.29) is 30.4 Å². The number of amides is 1. The Morgan fingerprint density at radius 1 is 1.03 bits per heavy atom. The molecule has 0 unspecified atom stereocenters. The average molecular weight is 420 g/mol. The van der Waals surface area contributed by atoms with Gasteiger partial charge in [-0.15, -0.1) is 0 Å². The Labute approximate surface area is 171 Å². The Kier molecular flexibility index (Phi) is 6.66.